The van der Waals surface area contributed by atoms with Crippen LogP contribution in [0.5, 0.6) is 0 Å². The van der Waals surface area contributed by atoms with Crippen LogP contribution >= 0.6 is 0 Å². The topological polar surface area (TPSA) is 25.1 Å². The van der Waals surface area contributed by atoms with E-state index in [4.69, 9.17) is 9.47 Å². The first-order valence-corrected chi connectivity index (χ1v) is 4.21. The second-order valence-electron chi connectivity index (χ2n) is 4.21. The van der Waals surface area contributed by atoms with Gasteiger partial charge in [0, 0.05) is 0 Å². The molecule has 0 aliphatic carbocycles. The van der Waals surface area contributed by atoms with Gasteiger partial charge in [0.2, 0.25) is 0 Å². The van der Waals surface area contributed by atoms with E-state index in [1.54, 1.807) is 0 Å². The van der Waals surface area contributed by atoms with Crippen molar-refractivity contribution < 1.29 is 37.9 Å². The number of rotatable bonds is 4. The number of epoxide rings is 2. The highest BCUT2D eigenvalue weighted by Crippen LogP contribution is 2.18. The molecule has 0 aromatic carbocycles. The van der Waals surface area contributed by atoms with Crippen molar-refractivity contribution >= 4 is 0 Å². The lowest BCUT2D eigenvalue weighted by Gasteiger charge is -2.28. The number of hydrogen-bond acceptors (Lipinski definition) is 2. The predicted molar refractivity (Wildman–Crippen MR) is 41.3 cm³/mol. The van der Waals surface area contributed by atoms with Gasteiger partial charge in [-0.1, -0.05) is 0 Å². The molecular weight excluding hydrogens is 269 g/mol. The molecule has 2 fully saturated rings. The quantitative estimate of drug-likeness (QED) is 0.310. The van der Waals surface area contributed by atoms with Gasteiger partial charge in [0.15, 0.2) is 0 Å². The fourth-order valence-electron chi connectivity index (χ4n) is 1.52. The molecule has 2 saturated heterocycles. The van der Waals surface area contributed by atoms with Gasteiger partial charge in [0.1, 0.15) is 25.3 Å². The molecular formula is C8H16INO2. The zero-order valence-electron chi connectivity index (χ0n) is 7.62. The van der Waals surface area contributed by atoms with E-state index in [2.05, 4.69) is 14.1 Å². The SMILES string of the molecule is C[N+](C)(CC1CO1)CC1CO1.[I-]. The largest absolute Gasteiger partial charge is 1.00 e. The van der Waals surface area contributed by atoms with Gasteiger partial charge < -0.3 is 37.9 Å². The molecule has 0 bridgehead atoms. The van der Waals surface area contributed by atoms with Crippen LogP contribution in [-0.4, -0.2) is 57.1 Å². The van der Waals surface area contributed by atoms with Crippen LogP contribution in [0.15, 0.2) is 0 Å². The maximum absolute atomic E-state index is 5.19. The molecule has 0 N–H and O–H groups in total. The van der Waals surface area contributed by atoms with Crippen LogP contribution in [-0.2, 0) is 9.47 Å². The number of quaternary nitrogens is 1. The first-order chi connectivity index (χ1) is 5.16. The number of likely N-dealkylation sites (N-methyl/N-ethyl adjacent to an activating group) is 1. The van der Waals surface area contributed by atoms with Crippen molar-refractivity contribution in [2.45, 2.75) is 12.2 Å². The van der Waals surface area contributed by atoms with E-state index in [-0.39, 0.29) is 24.0 Å². The van der Waals surface area contributed by atoms with E-state index in [0.29, 0.717) is 12.2 Å². The summed E-state index contributed by atoms with van der Waals surface area (Å²) < 4.78 is 11.4. The molecule has 2 aliphatic rings. The van der Waals surface area contributed by atoms with Crippen LogP contribution in [0, 0.1) is 0 Å². The average molecular weight is 285 g/mol. The third-order valence-electron chi connectivity index (χ3n) is 2.20. The molecule has 0 aromatic heterocycles. The molecule has 0 amide bonds. The van der Waals surface area contributed by atoms with Gasteiger partial charge in [-0.05, 0) is 0 Å². The van der Waals surface area contributed by atoms with Crippen LogP contribution in [0.2, 0.25) is 0 Å². The molecule has 72 valence electrons. The lowest BCUT2D eigenvalue weighted by molar-refractivity contribution is -0.891. The fourth-order valence-corrected chi connectivity index (χ4v) is 1.52. The Morgan fingerprint density at radius 1 is 1.08 bits per heavy atom. The third kappa shape index (κ3) is 3.55. The van der Waals surface area contributed by atoms with Gasteiger partial charge in [-0.2, -0.15) is 0 Å². The Labute approximate surface area is 90.6 Å². The number of halogens is 1. The Balaban J connectivity index is 0.000000720. The number of hydrogen-bond donors (Lipinski definition) is 0. The summed E-state index contributed by atoms with van der Waals surface area (Å²) in [6.45, 7) is 4.21. The molecule has 2 unspecified atom stereocenters. The van der Waals surface area contributed by atoms with Crippen molar-refractivity contribution in [1.29, 1.82) is 0 Å². The molecule has 2 aliphatic heterocycles. The maximum Gasteiger partial charge on any atom is 0.130 e. The van der Waals surface area contributed by atoms with Crippen molar-refractivity contribution in [1.82, 2.24) is 0 Å². The van der Waals surface area contributed by atoms with Crippen LogP contribution < -0.4 is 24.0 Å². The van der Waals surface area contributed by atoms with Gasteiger partial charge in [-0.15, -0.1) is 0 Å². The third-order valence-corrected chi connectivity index (χ3v) is 2.20. The maximum atomic E-state index is 5.19. The van der Waals surface area contributed by atoms with Gasteiger partial charge in [0.05, 0.1) is 27.3 Å². The minimum Gasteiger partial charge on any atom is -1.00 e. The molecule has 2 atom stereocenters. The lowest BCUT2D eigenvalue weighted by Crippen LogP contribution is -3.00. The van der Waals surface area contributed by atoms with Crippen LogP contribution in [0.25, 0.3) is 0 Å². The lowest BCUT2D eigenvalue weighted by atomic mass is 10.3. The second kappa shape index (κ2) is 3.77. The number of ether oxygens (including phenoxy) is 2. The van der Waals surface area contributed by atoms with Crippen LogP contribution in [0.1, 0.15) is 0 Å². The van der Waals surface area contributed by atoms with Crippen molar-refractivity contribution in [3.05, 3.63) is 0 Å². The monoisotopic (exact) mass is 285 g/mol. The molecule has 3 nitrogen and oxygen atoms in total. The highest BCUT2D eigenvalue weighted by molar-refractivity contribution is 4.71. The van der Waals surface area contributed by atoms with Crippen molar-refractivity contribution in [2.75, 3.05) is 40.4 Å². The highest BCUT2D eigenvalue weighted by atomic mass is 127. The Morgan fingerprint density at radius 2 is 1.42 bits per heavy atom. The van der Waals surface area contributed by atoms with E-state index in [9.17, 15) is 0 Å². The zero-order chi connectivity index (χ0) is 7.90. The first kappa shape index (κ1) is 10.7. The number of nitrogens with zero attached hydrogens (tertiary/aromatic N) is 1. The van der Waals surface area contributed by atoms with Gasteiger partial charge in [-0.25, -0.2) is 0 Å². The van der Waals surface area contributed by atoms with Gasteiger partial charge >= 0.3 is 0 Å². The summed E-state index contributed by atoms with van der Waals surface area (Å²) >= 11 is 0. The van der Waals surface area contributed by atoms with E-state index in [1.165, 1.54) is 0 Å². The van der Waals surface area contributed by atoms with Gasteiger partial charge in [0.25, 0.3) is 0 Å². The van der Waals surface area contributed by atoms with E-state index in [0.717, 1.165) is 30.8 Å². The summed E-state index contributed by atoms with van der Waals surface area (Å²) in [5.41, 5.74) is 0. The van der Waals surface area contributed by atoms with Gasteiger partial charge in [-0.3, -0.25) is 0 Å². The Bertz CT molecular complexity index is 139. The van der Waals surface area contributed by atoms with E-state index in [1.807, 2.05) is 0 Å². The molecule has 0 aromatic rings. The van der Waals surface area contributed by atoms with Crippen LogP contribution in [0.4, 0.5) is 0 Å². The Morgan fingerprint density at radius 3 is 1.67 bits per heavy atom. The normalized spacial score (nSPS) is 32.5. The summed E-state index contributed by atoms with van der Waals surface area (Å²) in [6, 6.07) is 0. The van der Waals surface area contributed by atoms with Crippen molar-refractivity contribution in [3.63, 3.8) is 0 Å². The average Bonchev–Trinajstić information content (AvgIpc) is 2.60. The standard InChI is InChI=1S/C8H16NO2.HI/c1-9(2,3-7-5-10-7)4-8-6-11-8;/h7-8H,3-6H2,1-2H3;1H/q+1;/p-1. The molecule has 4 heteroatoms. The molecule has 2 rings (SSSR count). The summed E-state index contributed by atoms with van der Waals surface area (Å²) in [7, 11) is 4.48. The summed E-state index contributed by atoms with van der Waals surface area (Å²) in [5, 5.41) is 0. The van der Waals surface area contributed by atoms with E-state index < -0.39 is 0 Å². The summed E-state index contributed by atoms with van der Waals surface area (Å²) in [5.74, 6) is 0. The smallest absolute Gasteiger partial charge is 0.130 e. The molecule has 0 saturated carbocycles. The fraction of sp³-hybridized carbons (Fsp3) is 1.00. The molecule has 0 radical (unpaired) electrons. The first-order valence-electron chi connectivity index (χ1n) is 4.21. The predicted octanol–water partition coefficient (Wildman–Crippen LogP) is -3.14. The molecule has 0 spiro atoms. The summed E-state index contributed by atoms with van der Waals surface area (Å²) in [6.07, 6.45) is 1.06. The van der Waals surface area contributed by atoms with Crippen molar-refractivity contribution in [2.24, 2.45) is 0 Å². The summed E-state index contributed by atoms with van der Waals surface area (Å²) in [4.78, 5) is 0. The molecule has 2 heterocycles. The zero-order valence-corrected chi connectivity index (χ0v) is 9.78. The minimum absolute atomic E-state index is 0. The van der Waals surface area contributed by atoms with E-state index >= 15 is 0 Å². The van der Waals surface area contributed by atoms with Crippen molar-refractivity contribution in [3.8, 4) is 0 Å². The second-order valence-corrected chi connectivity index (χ2v) is 4.21. The Kier molecular flexibility index (Phi) is 3.36. The Hall–Kier alpha value is 0.610. The highest BCUT2D eigenvalue weighted by Gasteiger charge is 2.36. The van der Waals surface area contributed by atoms with Crippen LogP contribution in [0.3, 0.4) is 0 Å². The minimum atomic E-state index is 0. The molecule has 12 heavy (non-hydrogen) atoms.